The number of anilines is 2. The number of nitrogens with zero attached hydrogens (tertiary/aromatic N) is 5. The van der Waals surface area contributed by atoms with Crippen molar-refractivity contribution in [3.05, 3.63) is 71.3 Å². The standard InChI is InChI=1S/C27H28N6O4S/c1-34-7-9-36-25-13-22-23(14-26(25)37-10-8-35-2)28-18-29-27(22)30-21-5-3-4-20(12-21)24-16-33(32-31-24)15-19-6-11-38-17-19/h3-6,11-14,16-18H,7-10,15H2,1-2H3,(H,28,29,30). The maximum atomic E-state index is 5.95. The zero-order valence-electron chi connectivity index (χ0n) is 21.2. The van der Waals surface area contributed by atoms with Gasteiger partial charge in [-0.05, 0) is 40.6 Å². The summed E-state index contributed by atoms with van der Waals surface area (Å²) < 4.78 is 23.9. The molecule has 0 amide bonds. The largest absolute Gasteiger partial charge is 0.487 e. The second-order valence-corrected chi connectivity index (χ2v) is 9.14. The molecule has 11 heteroatoms. The Bertz CT molecular complexity index is 1470. The lowest BCUT2D eigenvalue weighted by Crippen LogP contribution is -2.09. The fourth-order valence-corrected chi connectivity index (χ4v) is 4.49. The molecule has 3 heterocycles. The molecule has 0 unspecified atom stereocenters. The molecule has 196 valence electrons. The number of hydrogen-bond donors (Lipinski definition) is 1. The molecular weight excluding hydrogens is 504 g/mol. The van der Waals surface area contributed by atoms with Gasteiger partial charge in [0, 0.05) is 36.9 Å². The van der Waals surface area contributed by atoms with Crippen molar-refractivity contribution in [1.82, 2.24) is 25.0 Å². The molecule has 5 aromatic rings. The summed E-state index contributed by atoms with van der Waals surface area (Å²) >= 11 is 1.67. The van der Waals surface area contributed by atoms with E-state index in [0.717, 1.165) is 27.8 Å². The number of thiophene rings is 1. The van der Waals surface area contributed by atoms with Gasteiger partial charge in [-0.15, -0.1) is 5.10 Å². The molecule has 0 aliphatic heterocycles. The summed E-state index contributed by atoms with van der Waals surface area (Å²) in [4.78, 5) is 8.94. The third-order valence-corrected chi connectivity index (χ3v) is 6.41. The van der Waals surface area contributed by atoms with Crippen LogP contribution in [-0.4, -0.2) is 65.6 Å². The van der Waals surface area contributed by atoms with Crippen LogP contribution in [0.3, 0.4) is 0 Å². The van der Waals surface area contributed by atoms with Gasteiger partial charge in [0.1, 0.15) is 31.1 Å². The van der Waals surface area contributed by atoms with Crippen LogP contribution in [0, 0.1) is 0 Å². The molecule has 0 saturated carbocycles. The normalized spacial score (nSPS) is 11.1. The van der Waals surface area contributed by atoms with Crippen LogP contribution in [-0.2, 0) is 16.0 Å². The minimum atomic E-state index is 0.383. The molecular formula is C27H28N6O4S. The van der Waals surface area contributed by atoms with Crippen molar-refractivity contribution in [2.75, 3.05) is 46.0 Å². The van der Waals surface area contributed by atoms with Crippen molar-refractivity contribution in [2.24, 2.45) is 0 Å². The second kappa shape index (κ2) is 12.5. The third kappa shape index (κ3) is 6.25. The van der Waals surface area contributed by atoms with Gasteiger partial charge in [0.05, 0.1) is 31.5 Å². The maximum Gasteiger partial charge on any atom is 0.163 e. The number of ether oxygens (including phenoxy) is 4. The minimum absolute atomic E-state index is 0.383. The van der Waals surface area contributed by atoms with Gasteiger partial charge >= 0.3 is 0 Å². The number of rotatable bonds is 13. The van der Waals surface area contributed by atoms with E-state index >= 15 is 0 Å². The van der Waals surface area contributed by atoms with Crippen molar-refractivity contribution in [3.63, 3.8) is 0 Å². The molecule has 0 bridgehead atoms. The number of hydrogen-bond acceptors (Lipinski definition) is 10. The fourth-order valence-electron chi connectivity index (χ4n) is 3.83. The Balaban J connectivity index is 1.39. The summed E-state index contributed by atoms with van der Waals surface area (Å²) in [7, 11) is 3.26. The van der Waals surface area contributed by atoms with Crippen molar-refractivity contribution in [1.29, 1.82) is 0 Å². The lowest BCUT2D eigenvalue weighted by atomic mass is 10.1. The van der Waals surface area contributed by atoms with E-state index in [1.807, 2.05) is 47.3 Å². The highest BCUT2D eigenvalue weighted by molar-refractivity contribution is 7.07. The van der Waals surface area contributed by atoms with Gasteiger partial charge in [0.2, 0.25) is 0 Å². The van der Waals surface area contributed by atoms with E-state index in [-0.39, 0.29) is 0 Å². The monoisotopic (exact) mass is 532 g/mol. The first-order valence-electron chi connectivity index (χ1n) is 12.0. The van der Waals surface area contributed by atoms with Crippen LogP contribution in [0.2, 0.25) is 0 Å². The summed E-state index contributed by atoms with van der Waals surface area (Å²) in [5.41, 5.74) is 4.53. The summed E-state index contributed by atoms with van der Waals surface area (Å²) in [6.07, 6.45) is 3.47. The molecule has 38 heavy (non-hydrogen) atoms. The molecule has 1 N–H and O–H groups in total. The molecule has 0 saturated heterocycles. The van der Waals surface area contributed by atoms with Crippen LogP contribution < -0.4 is 14.8 Å². The topological polar surface area (TPSA) is 105 Å². The molecule has 5 rings (SSSR count). The van der Waals surface area contributed by atoms with Crippen LogP contribution >= 0.6 is 11.3 Å². The van der Waals surface area contributed by atoms with Gasteiger partial charge in [0.15, 0.2) is 11.5 Å². The zero-order valence-corrected chi connectivity index (χ0v) is 22.0. The van der Waals surface area contributed by atoms with Gasteiger partial charge in [0.25, 0.3) is 0 Å². The average Bonchev–Trinajstić information content (AvgIpc) is 3.62. The lowest BCUT2D eigenvalue weighted by molar-refractivity contribution is 0.132. The van der Waals surface area contributed by atoms with E-state index in [9.17, 15) is 0 Å². The van der Waals surface area contributed by atoms with E-state index in [4.69, 9.17) is 18.9 Å². The van der Waals surface area contributed by atoms with Crippen LogP contribution in [0.4, 0.5) is 11.5 Å². The zero-order chi connectivity index (χ0) is 26.2. The Morgan fingerprint density at radius 1 is 0.921 bits per heavy atom. The smallest absolute Gasteiger partial charge is 0.163 e. The van der Waals surface area contributed by atoms with E-state index in [2.05, 4.69) is 42.4 Å². The molecule has 0 fully saturated rings. The molecule has 2 aromatic carbocycles. The Hall–Kier alpha value is -4.06. The molecule has 0 aliphatic rings. The third-order valence-electron chi connectivity index (χ3n) is 5.68. The number of benzene rings is 2. The van der Waals surface area contributed by atoms with Crippen molar-refractivity contribution >= 4 is 33.7 Å². The summed E-state index contributed by atoms with van der Waals surface area (Å²) in [5.74, 6) is 1.82. The first-order chi connectivity index (χ1) is 18.7. The fraction of sp³-hybridized carbons (Fsp3) is 0.259. The number of nitrogens with one attached hydrogen (secondary N) is 1. The van der Waals surface area contributed by atoms with Gasteiger partial charge in [-0.1, -0.05) is 17.3 Å². The number of aromatic nitrogens is 5. The predicted molar refractivity (Wildman–Crippen MR) is 146 cm³/mol. The quantitative estimate of drug-likeness (QED) is 0.214. The van der Waals surface area contributed by atoms with Crippen molar-refractivity contribution in [2.45, 2.75) is 6.54 Å². The number of fused-ring (bicyclic) bond motifs is 1. The molecule has 0 aliphatic carbocycles. The Labute approximate surface area is 224 Å². The van der Waals surface area contributed by atoms with Crippen LogP contribution in [0.25, 0.3) is 22.2 Å². The molecule has 3 aromatic heterocycles. The first kappa shape index (κ1) is 25.6. The Morgan fingerprint density at radius 3 is 2.50 bits per heavy atom. The summed E-state index contributed by atoms with van der Waals surface area (Å²) in [6.45, 7) is 2.38. The van der Waals surface area contributed by atoms with Gasteiger partial charge < -0.3 is 24.3 Å². The lowest BCUT2D eigenvalue weighted by Gasteiger charge is -2.15. The van der Waals surface area contributed by atoms with Crippen LogP contribution in [0.5, 0.6) is 11.5 Å². The van der Waals surface area contributed by atoms with Crippen LogP contribution in [0.1, 0.15) is 5.56 Å². The van der Waals surface area contributed by atoms with Crippen LogP contribution in [0.15, 0.2) is 65.7 Å². The Morgan fingerprint density at radius 2 is 1.74 bits per heavy atom. The van der Waals surface area contributed by atoms with E-state index < -0.39 is 0 Å². The summed E-state index contributed by atoms with van der Waals surface area (Å²) in [6, 6.07) is 13.8. The highest BCUT2D eigenvalue weighted by Crippen LogP contribution is 2.35. The first-order valence-corrected chi connectivity index (χ1v) is 13.0. The van der Waals surface area contributed by atoms with E-state index in [0.29, 0.717) is 50.3 Å². The average molecular weight is 533 g/mol. The summed E-state index contributed by atoms with van der Waals surface area (Å²) in [5, 5.41) is 17.0. The maximum absolute atomic E-state index is 5.95. The molecule has 0 spiro atoms. The molecule has 10 nitrogen and oxygen atoms in total. The Kier molecular flexibility index (Phi) is 8.39. The van der Waals surface area contributed by atoms with Gasteiger partial charge in [-0.2, -0.15) is 11.3 Å². The van der Waals surface area contributed by atoms with Gasteiger partial charge in [-0.3, -0.25) is 0 Å². The van der Waals surface area contributed by atoms with E-state index in [1.165, 1.54) is 11.9 Å². The van der Waals surface area contributed by atoms with Crippen molar-refractivity contribution in [3.8, 4) is 22.8 Å². The van der Waals surface area contributed by atoms with Crippen molar-refractivity contribution < 1.29 is 18.9 Å². The highest BCUT2D eigenvalue weighted by atomic mass is 32.1. The SMILES string of the molecule is COCCOc1cc2ncnc(Nc3cccc(-c4cn(Cc5ccsc5)nn4)c3)c2cc1OCCOC. The molecule has 0 radical (unpaired) electrons. The highest BCUT2D eigenvalue weighted by Gasteiger charge is 2.14. The van der Waals surface area contributed by atoms with Gasteiger partial charge in [-0.25, -0.2) is 14.6 Å². The predicted octanol–water partition coefficient (Wildman–Crippen LogP) is 4.79. The molecule has 0 atom stereocenters. The minimum Gasteiger partial charge on any atom is -0.487 e. The second-order valence-electron chi connectivity index (χ2n) is 8.36. The number of methoxy groups -OCH3 is 2. The van der Waals surface area contributed by atoms with E-state index in [1.54, 1.807) is 25.6 Å².